The first-order chi connectivity index (χ1) is 10.4. The summed E-state index contributed by atoms with van der Waals surface area (Å²) in [7, 11) is 0. The zero-order valence-electron chi connectivity index (χ0n) is 12.4. The van der Waals surface area contributed by atoms with Gasteiger partial charge in [0.1, 0.15) is 0 Å². The van der Waals surface area contributed by atoms with Gasteiger partial charge < -0.3 is 15.0 Å². The summed E-state index contributed by atoms with van der Waals surface area (Å²) < 4.78 is 5.40. The molecule has 1 fully saturated rings. The first-order valence-corrected chi connectivity index (χ1v) is 8.47. The Hall–Kier alpha value is -1.52. The van der Waals surface area contributed by atoms with E-state index in [4.69, 9.17) is 4.74 Å². The maximum atomic E-state index is 5.40. The molecule has 1 N–H and O–H groups in total. The van der Waals surface area contributed by atoms with Crippen LogP contribution in [0.5, 0.6) is 0 Å². The van der Waals surface area contributed by atoms with E-state index in [1.165, 1.54) is 16.3 Å². The normalized spacial score (nSPS) is 16.7. The number of rotatable bonds is 5. The van der Waals surface area contributed by atoms with Crippen molar-refractivity contribution in [2.24, 2.45) is 0 Å². The average Bonchev–Trinajstić information content (AvgIpc) is 3.08. The van der Waals surface area contributed by atoms with Crippen molar-refractivity contribution in [3.05, 3.63) is 46.7 Å². The molecule has 0 saturated carbocycles. The molecule has 21 heavy (non-hydrogen) atoms. The highest BCUT2D eigenvalue weighted by Gasteiger charge is 2.12. The molecular formula is C17H22N2OS. The Balaban J connectivity index is 1.66. The highest BCUT2D eigenvalue weighted by atomic mass is 32.1. The van der Waals surface area contributed by atoms with E-state index in [9.17, 15) is 0 Å². The monoisotopic (exact) mass is 302 g/mol. The summed E-state index contributed by atoms with van der Waals surface area (Å²) in [6.45, 7) is 5.85. The van der Waals surface area contributed by atoms with Crippen LogP contribution in [0.15, 0.2) is 41.8 Å². The lowest BCUT2D eigenvalue weighted by Crippen LogP contribution is -2.36. The van der Waals surface area contributed by atoms with Gasteiger partial charge in [-0.2, -0.15) is 0 Å². The largest absolute Gasteiger partial charge is 0.378 e. The number of nitrogens with one attached hydrogen (secondary N) is 1. The molecule has 1 aromatic carbocycles. The first kappa shape index (κ1) is 14.4. The molecule has 2 heterocycles. The number of morpholine rings is 1. The van der Waals surface area contributed by atoms with E-state index < -0.39 is 0 Å². The summed E-state index contributed by atoms with van der Waals surface area (Å²) in [4.78, 5) is 3.78. The minimum atomic E-state index is 0.402. The Bertz CT molecular complexity index is 532. The summed E-state index contributed by atoms with van der Waals surface area (Å²) in [6, 6.07) is 13.5. The molecule has 112 valence electrons. The van der Waals surface area contributed by atoms with Crippen molar-refractivity contribution in [2.45, 2.75) is 19.4 Å². The molecule has 1 aliphatic heterocycles. The van der Waals surface area contributed by atoms with Crippen LogP contribution >= 0.6 is 11.3 Å². The summed E-state index contributed by atoms with van der Waals surface area (Å²) in [5.41, 5.74) is 2.47. The van der Waals surface area contributed by atoms with Crippen molar-refractivity contribution in [1.82, 2.24) is 0 Å². The van der Waals surface area contributed by atoms with Crippen LogP contribution in [0.2, 0.25) is 0 Å². The van der Waals surface area contributed by atoms with Crippen LogP contribution in [0.1, 0.15) is 24.3 Å². The third-order valence-corrected chi connectivity index (χ3v) is 4.87. The molecule has 1 saturated heterocycles. The summed E-state index contributed by atoms with van der Waals surface area (Å²) in [6.07, 6.45) is 1.09. The molecule has 0 radical (unpaired) electrons. The molecule has 0 aliphatic carbocycles. The average molecular weight is 302 g/mol. The van der Waals surface area contributed by atoms with Crippen molar-refractivity contribution in [3.8, 4) is 0 Å². The Morgan fingerprint density at radius 3 is 2.57 bits per heavy atom. The van der Waals surface area contributed by atoms with E-state index in [0.29, 0.717) is 6.04 Å². The molecule has 0 amide bonds. The molecule has 2 aromatic rings. The van der Waals surface area contributed by atoms with Gasteiger partial charge in [0.2, 0.25) is 0 Å². The Labute approximate surface area is 130 Å². The molecule has 1 atom stereocenters. The second-order valence-corrected chi connectivity index (χ2v) is 6.25. The van der Waals surface area contributed by atoms with E-state index >= 15 is 0 Å². The fourth-order valence-corrected chi connectivity index (χ4v) is 3.52. The van der Waals surface area contributed by atoms with Gasteiger partial charge in [-0.25, -0.2) is 0 Å². The predicted molar refractivity (Wildman–Crippen MR) is 90.4 cm³/mol. The summed E-state index contributed by atoms with van der Waals surface area (Å²) in [5.74, 6) is 0. The lowest BCUT2D eigenvalue weighted by molar-refractivity contribution is 0.122. The van der Waals surface area contributed by atoms with Crippen molar-refractivity contribution < 1.29 is 4.74 Å². The quantitative estimate of drug-likeness (QED) is 0.898. The third kappa shape index (κ3) is 3.57. The molecule has 3 rings (SSSR count). The predicted octanol–water partition coefficient (Wildman–Crippen LogP) is 4.15. The number of benzene rings is 1. The Morgan fingerprint density at radius 2 is 1.95 bits per heavy atom. The van der Waals surface area contributed by atoms with Crippen LogP contribution in [-0.4, -0.2) is 26.3 Å². The summed E-state index contributed by atoms with van der Waals surface area (Å²) >= 11 is 1.82. The lowest BCUT2D eigenvalue weighted by Gasteiger charge is -2.29. The minimum absolute atomic E-state index is 0.402. The molecule has 3 nitrogen and oxygen atoms in total. The molecule has 0 bridgehead atoms. The van der Waals surface area contributed by atoms with E-state index in [0.717, 1.165) is 32.7 Å². The molecule has 4 heteroatoms. The van der Waals surface area contributed by atoms with Crippen LogP contribution in [0.4, 0.5) is 11.4 Å². The van der Waals surface area contributed by atoms with Crippen LogP contribution in [0.3, 0.4) is 0 Å². The number of hydrogen-bond donors (Lipinski definition) is 1. The zero-order chi connectivity index (χ0) is 14.5. The van der Waals surface area contributed by atoms with Gasteiger partial charge in [0.15, 0.2) is 0 Å². The number of hydrogen-bond acceptors (Lipinski definition) is 4. The first-order valence-electron chi connectivity index (χ1n) is 7.59. The van der Waals surface area contributed by atoms with Gasteiger partial charge >= 0.3 is 0 Å². The zero-order valence-corrected chi connectivity index (χ0v) is 13.2. The van der Waals surface area contributed by atoms with Gasteiger partial charge in [-0.1, -0.05) is 13.0 Å². The lowest BCUT2D eigenvalue weighted by atomic mass is 10.1. The van der Waals surface area contributed by atoms with Gasteiger partial charge in [0.05, 0.1) is 19.3 Å². The fraction of sp³-hybridized carbons (Fsp3) is 0.412. The topological polar surface area (TPSA) is 24.5 Å². The molecule has 1 unspecified atom stereocenters. The number of thiophene rings is 1. The standard InChI is InChI=1S/C17H22N2OS/c1-2-16(17-4-3-13-21-17)18-14-5-7-15(8-6-14)19-9-11-20-12-10-19/h3-8,13,16,18H,2,9-12H2,1H3. The van der Waals surface area contributed by atoms with E-state index in [-0.39, 0.29) is 0 Å². The second kappa shape index (κ2) is 6.96. The maximum Gasteiger partial charge on any atom is 0.0642 e. The fourth-order valence-electron chi connectivity index (χ4n) is 2.66. The van der Waals surface area contributed by atoms with Gasteiger partial charge in [0, 0.05) is 29.3 Å². The van der Waals surface area contributed by atoms with Crippen molar-refractivity contribution in [2.75, 3.05) is 36.5 Å². The van der Waals surface area contributed by atoms with Crippen LogP contribution in [0, 0.1) is 0 Å². The third-order valence-electron chi connectivity index (χ3n) is 3.88. The Kier molecular flexibility index (Phi) is 4.78. The number of nitrogens with zero attached hydrogens (tertiary/aromatic N) is 1. The van der Waals surface area contributed by atoms with Crippen LogP contribution in [-0.2, 0) is 4.74 Å². The van der Waals surface area contributed by atoms with Crippen molar-refractivity contribution >= 4 is 22.7 Å². The molecule has 1 aromatic heterocycles. The second-order valence-electron chi connectivity index (χ2n) is 5.27. The van der Waals surface area contributed by atoms with Crippen LogP contribution < -0.4 is 10.2 Å². The molecule has 0 spiro atoms. The van der Waals surface area contributed by atoms with E-state index in [1.54, 1.807) is 0 Å². The van der Waals surface area contributed by atoms with Gasteiger partial charge in [-0.15, -0.1) is 11.3 Å². The Morgan fingerprint density at radius 1 is 1.19 bits per heavy atom. The summed E-state index contributed by atoms with van der Waals surface area (Å²) in [5, 5.41) is 5.77. The maximum absolute atomic E-state index is 5.40. The highest BCUT2D eigenvalue weighted by Crippen LogP contribution is 2.27. The van der Waals surface area contributed by atoms with Crippen LogP contribution in [0.25, 0.3) is 0 Å². The van der Waals surface area contributed by atoms with Gasteiger partial charge in [-0.05, 0) is 42.1 Å². The van der Waals surface area contributed by atoms with Gasteiger partial charge in [-0.3, -0.25) is 0 Å². The number of anilines is 2. The minimum Gasteiger partial charge on any atom is -0.378 e. The van der Waals surface area contributed by atoms with E-state index in [2.05, 4.69) is 58.9 Å². The SMILES string of the molecule is CCC(Nc1ccc(N2CCOCC2)cc1)c1cccs1. The highest BCUT2D eigenvalue weighted by molar-refractivity contribution is 7.10. The smallest absolute Gasteiger partial charge is 0.0642 e. The van der Waals surface area contributed by atoms with Crippen molar-refractivity contribution in [3.63, 3.8) is 0 Å². The van der Waals surface area contributed by atoms with Gasteiger partial charge in [0.25, 0.3) is 0 Å². The molecular weight excluding hydrogens is 280 g/mol. The molecule has 1 aliphatic rings. The van der Waals surface area contributed by atoms with E-state index in [1.807, 2.05) is 11.3 Å². The van der Waals surface area contributed by atoms with Crippen molar-refractivity contribution in [1.29, 1.82) is 0 Å². The number of ether oxygens (including phenoxy) is 1.